The highest BCUT2D eigenvalue weighted by atomic mass is 16.5. The van der Waals surface area contributed by atoms with Crippen LogP contribution in [-0.4, -0.2) is 18.6 Å². The normalized spacial score (nSPS) is 12.2. The Hall–Kier alpha value is -0.830. The van der Waals surface area contributed by atoms with Crippen molar-refractivity contribution in [1.29, 1.82) is 0 Å². The average molecular weight is 185 g/mol. The van der Waals surface area contributed by atoms with Crippen LogP contribution in [0.3, 0.4) is 0 Å². The lowest BCUT2D eigenvalue weighted by molar-refractivity contribution is -0.144. The number of ether oxygens (including phenoxy) is 1. The summed E-state index contributed by atoms with van der Waals surface area (Å²) in [6.45, 7) is 7.62. The highest BCUT2D eigenvalue weighted by Crippen LogP contribution is 2.05. The highest BCUT2D eigenvalue weighted by molar-refractivity contribution is 5.87. The molecule has 3 heteroatoms. The topological polar surface area (TPSA) is 52.3 Å². The molecular weight excluding hydrogens is 166 g/mol. The van der Waals surface area contributed by atoms with Crippen molar-refractivity contribution in [2.45, 2.75) is 39.2 Å². The summed E-state index contributed by atoms with van der Waals surface area (Å²) in [6.07, 6.45) is 2.81. The summed E-state index contributed by atoms with van der Waals surface area (Å²) in [6, 6.07) is 0. The number of hydrogen-bond donors (Lipinski definition) is 1. The molecule has 0 amide bonds. The van der Waals surface area contributed by atoms with Crippen LogP contribution in [0.15, 0.2) is 12.2 Å². The Balaban J connectivity index is 3.83. The van der Waals surface area contributed by atoms with Crippen LogP contribution >= 0.6 is 0 Å². The fourth-order valence-electron chi connectivity index (χ4n) is 0.909. The third-order valence-electron chi connectivity index (χ3n) is 1.76. The molecule has 0 spiro atoms. The summed E-state index contributed by atoms with van der Waals surface area (Å²) < 4.78 is 5.10. The van der Waals surface area contributed by atoms with Crippen LogP contribution in [-0.2, 0) is 9.53 Å². The number of unbranched alkanes of at least 4 members (excludes halogenated alkanes) is 1. The standard InChI is InChI=1S/C10H19NO2/c1-4-5-6-9(7-11)13-10(12)8(2)3/h9H,2,4-7,11H2,1,3H3. The molecule has 1 unspecified atom stereocenters. The van der Waals surface area contributed by atoms with Crippen LogP contribution in [0.4, 0.5) is 0 Å². The number of hydrogen-bond acceptors (Lipinski definition) is 3. The van der Waals surface area contributed by atoms with E-state index in [-0.39, 0.29) is 12.1 Å². The SMILES string of the molecule is C=C(C)C(=O)OC(CN)CCCC. The lowest BCUT2D eigenvalue weighted by Crippen LogP contribution is -2.26. The maximum Gasteiger partial charge on any atom is 0.333 e. The van der Waals surface area contributed by atoms with E-state index in [1.54, 1.807) is 6.92 Å². The van der Waals surface area contributed by atoms with Crippen LogP contribution in [0.2, 0.25) is 0 Å². The van der Waals surface area contributed by atoms with Gasteiger partial charge < -0.3 is 10.5 Å². The van der Waals surface area contributed by atoms with Crippen LogP contribution < -0.4 is 5.73 Å². The Morgan fingerprint density at radius 2 is 2.23 bits per heavy atom. The monoisotopic (exact) mass is 185 g/mol. The summed E-state index contributed by atoms with van der Waals surface area (Å²) in [5.41, 5.74) is 5.88. The number of esters is 1. The van der Waals surface area contributed by atoms with Gasteiger partial charge in [0.15, 0.2) is 0 Å². The minimum Gasteiger partial charge on any atom is -0.458 e. The molecule has 0 aliphatic carbocycles. The second-order valence-corrected chi connectivity index (χ2v) is 3.19. The van der Waals surface area contributed by atoms with Crippen molar-refractivity contribution in [3.8, 4) is 0 Å². The van der Waals surface area contributed by atoms with Gasteiger partial charge in [0.25, 0.3) is 0 Å². The lowest BCUT2D eigenvalue weighted by Gasteiger charge is -2.15. The van der Waals surface area contributed by atoms with E-state index in [0.29, 0.717) is 12.1 Å². The van der Waals surface area contributed by atoms with Crippen molar-refractivity contribution in [3.63, 3.8) is 0 Å². The Bertz CT molecular complexity index is 178. The Labute approximate surface area is 79.9 Å². The summed E-state index contributed by atoms with van der Waals surface area (Å²) >= 11 is 0. The predicted octanol–water partition coefficient (Wildman–Crippen LogP) is 1.62. The zero-order chi connectivity index (χ0) is 10.3. The molecule has 2 N–H and O–H groups in total. The van der Waals surface area contributed by atoms with Crippen LogP contribution in [0.25, 0.3) is 0 Å². The minimum absolute atomic E-state index is 0.149. The van der Waals surface area contributed by atoms with Gasteiger partial charge in [-0.25, -0.2) is 4.79 Å². The average Bonchev–Trinajstić information content (AvgIpc) is 2.11. The molecule has 0 bridgehead atoms. The van der Waals surface area contributed by atoms with Gasteiger partial charge >= 0.3 is 5.97 Å². The van der Waals surface area contributed by atoms with E-state index in [2.05, 4.69) is 13.5 Å². The molecule has 0 aromatic heterocycles. The van der Waals surface area contributed by atoms with Crippen molar-refractivity contribution in [2.75, 3.05) is 6.54 Å². The lowest BCUT2D eigenvalue weighted by atomic mass is 10.1. The van der Waals surface area contributed by atoms with Gasteiger partial charge in [0, 0.05) is 12.1 Å². The Morgan fingerprint density at radius 3 is 2.62 bits per heavy atom. The van der Waals surface area contributed by atoms with Gasteiger partial charge in [-0.05, 0) is 19.8 Å². The number of carbonyl (C=O) groups is 1. The molecule has 13 heavy (non-hydrogen) atoms. The molecule has 0 saturated heterocycles. The first-order valence-corrected chi connectivity index (χ1v) is 4.68. The number of carbonyl (C=O) groups excluding carboxylic acids is 1. The highest BCUT2D eigenvalue weighted by Gasteiger charge is 2.12. The van der Waals surface area contributed by atoms with E-state index in [1.165, 1.54) is 0 Å². The van der Waals surface area contributed by atoms with Gasteiger partial charge in [0.1, 0.15) is 6.10 Å². The van der Waals surface area contributed by atoms with Crippen molar-refractivity contribution in [3.05, 3.63) is 12.2 Å². The van der Waals surface area contributed by atoms with E-state index >= 15 is 0 Å². The largest absolute Gasteiger partial charge is 0.458 e. The molecule has 0 aromatic rings. The van der Waals surface area contributed by atoms with Crippen LogP contribution in [0.5, 0.6) is 0 Å². The molecule has 3 nitrogen and oxygen atoms in total. The van der Waals surface area contributed by atoms with Crippen molar-refractivity contribution < 1.29 is 9.53 Å². The fourth-order valence-corrected chi connectivity index (χ4v) is 0.909. The fraction of sp³-hybridized carbons (Fsp3) is 0.700. The van der Waals surface area contributed by atoms with Gasteiger partial charge in [0.05, 0.1) is 0 Å². The second-order valence-electron chi connectivity index (χ2n) is 3.19. The zero-order valence-electron chi connectivity index (χ0n) is 8.51. The minimum atomic E-state index is -0.341. The maximum absolute atomic E-state index is 11.1. The molecule has 0 aliphatic heterocycles. The van der Waals surface area contributed by atoms with Gasteiger partial charge in [-0.1, -0.05) is 19.9 Å². The van der Waals surface area contributed by atoms with Crippen LogP contribution in [0, 0.1) is 0 Å². The number of rotatable bonds is 6. The van der Waals surface area contributed by atoms with Gasteiger partial charge in [-0.2, -0.15) is 0 Å². The summed E-state index contributed by atoms with van der Waals surface area (Å²) in [5, 5.41) is 0. The van der Waals surface area contributed by atoms with E-state index in [1.807, 2.05) is 0 Å². The van der Waals surface area contributed by atoms with Crippen molar-refractivity contribution in [1.82, 2.24) is 0 Å². The predicted molar refractivity (Wildman–Crippen MR) is 53.3 cm³/mol. The van der Waals surface area contributed by atoms with E-state index < -0.39 is 0 Å². The molecule has 1 atom stereocenters. The molecule has 0 fully saturated rings. The first-order chi connectivity index (χ1) is 6.11. The third kappa shape index (κ3) is 5.42. The first kappa shape index (κ1) is 12.2. The molecule has 0 heterocycles. The molecule has 0 radical (unpaired) electrons. The van der Waals surface area contributed by atoms with Gasteiger partial charge in [0.2, 0.25) is 0 Å². The molecule has 0 aromatic carbocycles. The quantitative estimate of drug-likeness (QED) is 0.505. The van der Waals surface area contributed by atoms with Crippen LogP contribution in [0.1, 0.15) is 33.1 Å². The van der Waals surface area contributed by atoms with E-state index in [4.69, 9.17) is 10.5 Å². The molecule has 0 rings (SSSR count). The Morgan fingerprint density at radius 1 is 1.62 bits per heavy atom. The summed E-state index contributed by atoms with van der Waals surface area (Å²) in [5.74, 6) is -0.341. The van der Waals surface area contributed by atoms with Gasteiger partial charge in [-0.3, -0.25) is 0 Å². The molecular formula is C10H19NO2. The Kier molecular flexibility index (Phi) is 6.24. The smallest absolute Gasteiger partial charge is 0.333 e. The molecule has 76 valence electrons. The third-order valence-corrected chi connectivity index (χ3v) is 1.76. The second kappa shape index (κ2) is 6.66. The molecule has 0 aliphatic rings. The summed E-state index contributed by atoms with van der Waals surface area (Å²) in [4.78, 5) is 11.1. The maximum atomic E-state index is 11.1. The van der Waals surface area contributed by atoms with Crippen molar-refractivity contribution >= 4 is 5.97 Å². The van der Waals surface area contributed by atoms with E-state index in [0.717, 1.165) is 19.3 Å². The van der Waals surface area contributed by atoms with E-state index in [9.17, 15) is 4.79 Å². The number of nitrogens with two attached hydrogens (primary N) is 1. The first-order valence-electron chi connectivity index (χ1n) is 4.68. The summed E-state index contributed by atoms with van der Waals surface area (Å²) in [7, 11) is 0. The van der Waals surface area contributed by atoms with Crippen molar-refractivity contribution in [2.24, 2.45) is 5.73 Å². The zero-order valence-corrected chi connectivity index (χ0v) is 8.51. The van der Waals surface area contributed by atoms with Gasteiger partial charge in [-0.15, -0.1) is 0 Å². The molecule has 0 saturated carbocycles.